The van der Waals surface area contributed by atoms with E-state index in [9.17, 15) is 0 Å². The van der Waals surface area contributed by atoms with Gasteiger partial charge in [-0.05, 0) is 130 Å². The van der Waals surface area contributed by atoms with E-state index in [0.717, 1.165) is 69.2 Å². The van der Waals surface area contributed by atoms with E-state index >= 15 is 0 Å². The van der Waals surface area contributed by atoms with Crippen LogP contribution in [0.4, 0.5) is 34.1 Å². The highest BCUT2D eigenvalue weighted by molar-refractivity contribution is 5.80. The monoisotopic (exact) mass is 796 g/mol. The third-order valence-corrected chi connectivity index (χ3v) is 11.1. The summed E-state index contributed by atoms with van der Waals surface area (Å²) in [6.45, 7) is 0. The molecule has 0 fully saturated rings. The largest absolute Gasteiger partial charge is 0.311 e. The maximum Gasteiger partial charge on any atom is 0.0462 e. The number of rotatable bonds is 14. The van der Waals surface area contributed by atoms with E-state index < -0.39 is 0 Å². The molecule has 9 aromatic carbocycles. The van der Waals surface area contributed by atoms with E-state index in [1.54, 1.807) is 0 Å². The molecule has 0 atom stereocenters. The predicted molar refractivity (Wildman–Crippen MR) is 265 cm³/mol. The number of nitrogens with zero attached hydrogens (tertiary/aromatic N) is 2. The molecule has 2 heteroatoms. The zero-order valence-corrected chi connectivity index (χ0v) is 34.7. The Hall–Kier alpha value is -7.94. The highest BCUT2D eigenvalue weighted by atomic mass is 15.1. The minimum absolute atomic E-state index is 0.920. The molecular weight excluding hydrogens is 749 g/mol. The van der Waals surface area contributed by atoms with Crippen LogP contribution in [-0.4, -0.2) is 0 Å². The minimum Gasteiger partial charge on any atom is -0.311 e. The van der Waals surface area contributed by atoms with Crippen LogP contribution >= 0.6 is 0 Å². The van der Waals surface area contributed by atoms with Gasteiger partial charge in [0, 0.05) is 34.1 Å². The molecule has 0 aromatic heterocycles. The van der Waals surface area contributed by atoms with Crippen molar-refractivity contribution in [2.75, 3.05) is 9.80 Å². The maximum absolute atomic E-state index is 2.31. The zero-order chi connectivity index (χ0) is 41.8. The summed E-state index contributed by atoms with van der Waals surface area (Å²) < 4.78 is 0. The van der Waals surface area contributed by atoms with Gasteiger partial charge < -0.3 is 9.80 Å². The first kappa shape index (κ1) is 39.5. The first-order chi connectivity index (χ1) is 30.7. The molecule has 0 aliphatic carbocycles. The molecule has 0 aliphatic rings. The molecule has 9 rings (SSSR count). The molecule has 0 heterocycles. The second kappa shape index (κ2) is 19.4. The minimum atomic E-state index is 0.920. The maximum atomic E-state index is 2.31. The standard InChI is InChI=1S/C60H48N2/c1-5-13-51(14-6-1)45-53-33-41-59(42-34-53)61(55-17-9-3-10-18-55)57-37-29-49(30-38-57)27-25-47-21-23-48(24-22-47)26-28-50-31-39-58(40-32-50)62(56-19-11-4-12-20-56)60-43-35-54(36-44-60)46-52-15-7-2-8-16-52/h1-44H,45-46H2/b27-25+,28-26+. The number of hydrogen-bond donors (Lipinski definition) is 0. The van der Waals surface area contributed by atoms with Crippen LogP contribution in [0.5, 0.6) is 0 Å². The molecule has 0 radical (unpaired) electrons. The van der Waals surface area contributed by atoms with Crippen LogP contribution in [-0.2, 0) is 12.8 Å². The van der Waals surface area contributed by atoms with Crippen molar-refractivity contribution in [2.24, 2.45) is 0 Å². The third kappa shape index (κ3) is 10.1. The molecule has 62 heavy (non-hydrogen) atoms. The third-order valence-electron chi connectivity index (χ3n) is 11.1. The number of anilines is 6. The van der Waals surface area contributed by atoms with Crippen molar-refractivity contribution < 1.29 is 0 Å². The van der Waals surface area contributed by atoms with E-state index in [1.807, 2.05) is 0 Å². The van der Waals surface area contributed by atoms with Crippen LogP contribution in [0, 0.1) is 0 Å². The van der Waals surface area contributed by atoms with Crippen molar-refractivity contribution in [3.63, 3.8) is 0 Å². The second-order valence-corrected chi connectivity index (χ2v) is 15.5. The quantitative estimate of drug-likeness (QED) is 0.101. The zero-order valence-electron chi connectivity index (χ0n) is 34.7. The van der Waals surface area contributed by atoms with Crippen molar-refractivity contribution in [3.05, 3.63) is 287 Å². The summed E-state index contributed by atoms with van der Waals surface area (Å²) in [5.41, 5.74) is 16.6. The molecule has 0 N–H and O–H groups in total. The lowest BCUT2D eigenvalue weighted by Crippen LogP contribution is -2.09. The van der Waals surface area contributed by atoms with E-state index in [1.165, 1.54) is 22.3 Å². The fourth-order valence-electron chi connectivity index (χ4n) is 7.81. The van der Waals surface area contributed by atoms with Gasteiger partial charge in [0.2, 0.25) is 0 Å². The van der Waals surface area contributed by atoms with Gasteiger partial charge in [-0.1, -0.05) is 194 Å². The lowest BCUT2D eigenvalue weighted by Gasteiger charge is -2.25. The van der Waals surface area contributed by atoms with E-state index in [0.29, 0.717) is 0 Å². The highest BCUT2D eigenvalue weighted by Crippen LogP contribution is 2.36. The second-order valence-electron chi connectivity index (χ2n) is 15.5. The van der Waals surface area contributed by atoms with Crippen LogP contribution in [0.2, 0.25) is 0 Å². The van der Waals surface area contributed by atoms with Crippen molar-refractivity contribution in [3.8, 4) is 0 Å². The lowest BCUT2D eigenvalue weighted by molar-refractivity contribution is 1.18. The summed E-state index contributed by atoms with van der Waals surface area (Å²) in [6.07, 6.45) is 10.6. The Balaban J connectivity index is 0.845. The summed E-state index contributed by atoms with van der Waals surface area (Å²) in [4.78, 5) is 4.62. The van der Waals surface area contributed by atoms with Gasteiger partial charge in [0.1, 0.15) is 0 Å². The number of benzene rings is 9. The summed E-state index contributed by atoms with van der Waals surface area (Å²) in [7, 11) is 0. The molecule has 2 nitrogen and oxygen atoms in total. The smallest absolute Gasteiger partial charge is 0.0462 e. The molecule has 0 saturated carbocycles. The van der Waals surface area contributed by atoms with Gasteiger partial charge in [-0.3, -0.25) is 0 Å². The predicted octanol–water partition coefficient (Wildman–Crippen LogP) is 16.1. The van der Waals surface area contributed by atoms with Gasteiger partial charge >= 0.3 is 0 Å². The van der Waals surface area contributed by atoms with Gasteiger partial charge in [0.15, 0.2) is 0 Å². The van der Waals surface area contributed by atoms with Crippen LogP contribution in [0.1, 0.15) is 44.5 Å². The Morgan fingerprint density at radius 3 is 0.710 bits per heavy atom. The average molecular weight is 797 g/mol. The van der Waals surface area contributed by atoms with E-state index in [2.05, 4.69) is 277 Å². The first-order valence-electron chi connectivity index (χ1n) is 21.3. The Kier molecular flexibility index (Phi) is 12.4. The molecule has 0 saturated heterocycles. The van der Waals surface area contributed by atoms with Gasteiger partial charge in [0.05, 0.1) is 0 Å². The average Bonchev–Trinajstić information content (AvgIpc) is 3.34. The summed E-state index contributed by atoms with van der Waals surface area (Å²) in [5.74, 6) is 0. The van der Waals surface area contributed by atoms with Gasteiger partial charge in [-0.2, -0.15) is 0 Å². The van der Waals surface area contributed by atoms with Crippen molar-refractivity contribution in [2.45, 2.75) is 12.8 Å². The molecule has 0 aliphatic heterocycles. The lowest BCUT2D eigenvalue weighted by atomic mass is 10.0. The Morgan fingerprint density at radius 1 is 0.210 bits per heavy atom. The SMILES string of the molecule is C(=C\c1ccc(N(c2ccccc2)c2ccc(Cc3ccccc3)cc2)cc1)/c1ccc(/C=C/c2ccc(N(c3ccccc3)c3ccc(Cc4ccccc4)cc3)cc2)cc1. The molecule has 0 bridgehead atoms. The summed E-state index contributed by atoms with van der Waals surface area (Å²) >= 11 is 0. The summed E-state index contributed by atoms with van der Waals surface area (Å²) in [5, 5.41) is 0. The summed E-state index contributed by atoms with van der Waals surface area (Å²) in [6, 6.07) is 86.5. The van der Waals surface area contributed by atoms with Crippen LogP contribution in [0.15, 0.2) is 243 Å². The highest BCUT2D eigenvalue weighted by Gasteiger charge is 2.14. The number of para-hydroxylation sites is 2. The topological polar surface area (TPSA) is 6.48 Å². The van der Waals surface area contributed by atoms with E-state index in [4.69, 9.17) is 0 Å². The molecule has 298 valence electrons. The first-order valence-corrected chi connectivity index (χ1v) is 21.3. The molecule has 0 amide bonds. The van der Waals surface area contributed by atoms with Crippen LogP contribution < -0.4 is 9.80 Å². The molecule has 9 aromatic rings. The van der Waals surface area contributed by atoms with Crippen molar-refractivity contribution in [1.29, 1.82) is 0 Å². The fraction of sp³-hybridized carbons (Fsp3) is 0.0333. The molecule has 0 spiro atoms. The van der Waals surface area contributed by atoms with Gasteiger partial charge in [0.25, 0.3) is 0 Å². The van der Waals surface area contributed by atoms with Crippen LogP contribution in [0.3, 0.4) is 0 Å². The van der Waals surface area contributed by atoms with Crippen molar-refractivity contribution >= 4 is 58.4 Å². The van der Waals surface area contributed by atoms with Crippen molar-refractivity contribution in [1.82, 2.24) is 0 Å². The Morgan fingerprint density at radius 2 is 0.419 bits per heavy atom. The van der Waals surface area contributed by atoms with E-state index in [-0.39, 0.29) is 0 Å². The number of hydrogen-bond acceptors (Lipinski definition) is 2. The van der Waals surface area contributed by atoms with Gasteiger partial charge in [-0.25, -0.2) is 0 Å². The van der Waals surface area contributed by atoms with Crippen LogP contribution in [0.25, 0.3) is 24.3 Å². The molecular formula is C60H48N2. The Bertz CT molecular complexity index is 2610. The molecule has 0 unspecified atom stereocenters. The van der Waals surface area contributed by atoms with Gasteiger partial charge in [-0.15, -0.1) is 0 Å². The fourth-order valence-corrected chi connectivity index (χ4v) is 7.81. The normalized spacial score (nSPS) is 11.2. The Labute approximate surface area is 366 Å².